The highest BCUT2D eigenvalue weighted by Gasteiger charge is 2.28. The predicted molar refractivity (Wildman–Crippen MR) is 126 cm³/mol. The second-order valence-corrected chi connectivity index (χ2v) is 10.1. The van der Waals surface area contributed by atoms with E-state index in [0.717, 1.165) is 61.7 Å². The number of para-hydroxylation sites is 1. The van der Waals surface area contributed by atoms with Gasteiger partial charge in [0.1, 0.15) is 5.75 Å². The van der Waals surface area contributed by atoms with Gasteiger partial charge >= 0.3 is 0 Å². The summed E-state index contributed by atoms with van der Waals surface area (Å²) < 4.78 is 34.9. The van der Waals surface area contributed by atoms with E-state index in [4.69, 9.17) is 4.74 Å². The summed E-state index contributed by atoms with van der Waals surface area (Å²) in [5.41, 5.74) is 1.26. The Morgan fingerprint density at radius 1 is 0.903 bits per heavy atom. The molecule has 0 bridgehead atoms. The van der Waals surface area contributed by atoms with E-state index in [1.807, 2.05) is 36.4 Å². The van der Waals surface area contributed by atoms with E-state index >= 15 is 0 Å². The number of nitrogens with one attached hydrogen (secondary N) is 1. The number of hydrogen-bond acceptors (Lipinski definition) is 3. The molecule has 3 aromatic rings. The van der Waals surface area contributed by atoms with Crippen LogP contribution in [-0.4, -0.2) is 21.1 Å². The number of rotatable bonds is 8. The Morgan fingerprint density at radius 3 is 2.39 bits per heavy atom. The van der Waals surface area contributed by atoms with Crippen LogP contribution in [0.5, 0.6) is 5.75 Å². The first-order valence-corrected chi connectivity index (χ1v) is 12.8. The van der Waals surface area contributed by atoms with Crippen molar-refractivity contribution in [3.63, 3.8) is 0 Å². The standard InChI is InChI=1S/C26H31NO3S/c1-2-3-18-30-26-11-7-6-10-25(26)21-12-15-23(16-13-21)27-31(28,29)24-17-14-20-8-4-5-9-22(20)19-24/h4-11,14,17,19,21,23,27H,2-3,12-13,15-16,18H2,1H3. The SMILES string of the molecule is CCCCOc1ccccc1C1CCC(NS(=O)(=O)c2ccc3ccccc3c2)CC1. The molecular formula is C26H31NO3S. The summed E-state index contributed by atoms with van der Waals surface area (Å²) >= 11 is 0. The van der Waals surface area contributed by atoms with Crippen LogP contribution in [0, 0.1) is 0 Å². The van der Waals surface area contributed by atoms with Crippen LogP contribution >= 0.6 is 0 Å². The van der Waals surface area contributed by atoms with Crippen LogP contribution in [0.1, 0.15) is 56.9 Å². The van der Waals surface area contributed by atoms with Crippen molar-refractivity contribution in [1.29, 1.82) is 0 Å². The van der Waals surface area contributed by atoms with Gasteiger partial charge in [-0.15, -0.1) is 0 Å². The third-order valence-corrected chi connectivity index (χ3v) is 7.71. The van der Waals surface area contributed by atoms with E-state index in [-0.39, 0.29) is 6.04 Å². The normalized spacial score (nSPS) is 19.4. The van der Waals surface area contributed by atoms with Crippen molar-refractivity contribution in [2.24, 2.45) is 0 Å². The summed E-state index contributed by atoms with van der Waals surface area (Å²) in [6, 6.07) is 21.4. The molecular weight excluding hydrogens is 406 g/mol. The van der Waals surface area contributed by atoms with Crippen molar-refractivity contribution >= 4 is 20.8 Å². The molecule has 3 aromatic carbocycles. The smallest absolute Gasteiger partial charge is 0.240 e. The first kappa shape index (κ1) is 21.8. The minimum atomic E-state index is -3.53. The Bertz CT molecular complexity index is 1120. The first-order chi connectivity index (χ1) is 15.1. The van der Waals surface area contributed by atoms with E-state index < -0.39 is 10.0 Å². The molecule has 0 amide bonds. The maximum absolute atomic E-state index is 13.0. The van der Waals surface area contributed by atoms with Crippen LogP contribution in [0.3, 0.4) is 0 Å². The highest BCUT2D eigenvalue weighted by Crippen LogP contribution is 2.38. The van der Waals surface area contributed by atoms with Crippen molar-refractivity contribution in [2.75, 3.05) is 6.61 Å². The van der Waals surface area contributed by atoms with E-state index in [1.165, 1.54) is 5.56 Å². The molecule has 1 aliphatic carbocycles. The summed E-state index contributed by atoms with van der Waals surface area (Å²) in [6.07, 6.45) is 5.75. The number of fused-ring (bicyclic) bond motifs is 1. The summed E-state index contributed by atoms with van der Waals surface area (Å²) in [6.45, 7) is 2.91. The second-order valence-electron chi connectivity index (χ2n) is 8.42. The topological polar surface area (TPSA) is 55.4 Å². The molecule has 0 heterocycles. The van der Waals surface area contributed by atoms with Crippen molar-refractivity contribution in [3.05, 3.63) is 72.3 Å². The van der Waals surface area contributed by atoms with Gasteiger partial charge in [-0.25, -0.2) is 13.1 Å². The van der Waals surface area contributed by atoms with E-state index in [2.05, 4.69) is 29.8 Å². The maximum Gasteiger partial charge on any atom is 0.240 e. The van der Waals surface area contributed by atoms with Gasteiger partial charge in [-0.3, -0.25) is 0 Å². The van der Waals surface area contributed by atoms with E-state index in [9.17, 15) is 8.42 Å². The summed E-state index contributed by atoms with van der Waals surface area (Å²) in [5, 5.41) is 1.98. The van der Waals surface area contributed by atoms with Gasteiger partial charge in [0.2, 0.25) is 10.0 Å². The van der Waals surface area contributed by atoms with E-state index in [0.29, 0.717) is 10.8 Å². The average molecular weight is 438 g/mol. The highest BCUT2D eigenvalue weighted by atomic mass is 32.2. The Kier molecular flexibility index (Phi) is 6.93. The van der Waals surface area contributed by atoms with Gasteiger partial charge in [0.25, 0.3) is 0 Å². The first-order valence-electron chi connectivity index (χ1n) is 11.3. The molecule has 0 saturated heterocycles. The maximum atomic E-state index is 13.0. The fraction of sp³-hybridized carbons (Fsp3) is 0.385. The monoisotopic (exact) mass is 437 g/mol. The molecule has 4 rings (SSSR count). The lowest BCUT2D eigenvalue weighted by atomic mass is 9.81. The molecule has 4 nitrogen and oxygen atoms in total. The molecule has 31 heavy (non-hydrogen) atoms. The molecule has 1 N–H and O–H groups in total. The molecule has 0 aliphatic heterocycles. The lowest BCUT2D eigenvalue weighted by Gasteiger charge is -2.30. The van der Waals surface area contributed by atoms with Gasteiger partial charge in [-0.2, -0.15) is 0 Å². The third-order valence-electron chi connectivity index (χ3n) is 6.19. The quantitative estimate of drug-likeness (QED) is 0.438. The number of unbranched alkanes of at least 4 members (excludes halogenated alkanes) is 1. The Hall–Kier alpha value is -2.37. The van der Waals surface area contributed by atoms with Crippen molar-refractivity contribution in [1.82, 2.24) is 4.72 Å². The zero-order valence-corrected chi connectivity index (χ0v) is 18.9. The molecule has 164 valence electrons. The number of ether oxygens (including phenoxy) is 1. The molecule has 1 fully saturated rings. The van der Waals surface area contributed by atoms with Crippen LogP contribution in [-0.2, 0) is 10.0 Å². The van der Waals surface area contributed by atoms with Gasteiger partial charge < -0.3 is 4.74 Å². The Labute approximate surface area is 185 Å². The number of benzene rings is 3. The van der Waals surface area contributed by atoms with Crippen LogP contribution in [0.25, 0.3) is 10.8 Å². The second kappa shape index (κ2) is 9.84. The zero-order valence-electron chi connectivity index (χ0n) is 18.1. The van der Waals surface area contributed by atoms with Crippen LogP contribution in [0.4, 0.5) is 0 Å². The lowest BCUT2D eigenvalue weighted by molar-refractivity contribution is 0.297. The van der Waals surface area contributed by atoms with Crippen LogP contribution < -0.4 is 9.46 Å². The molecule has 1 saturated carbocycles. The predicted octanol–water partition coefficient (Wildman–Crippen LogP) is 6.02. The van der Waals surface area contributed by atoms with Gasteiger partial charge in [0.15, 0.2) is 0 Å². The molecule has 0 spiro atoms. The summed E-state index contributed by atoms with van der Waals surface area (Å²) in [4.78, 5) is 0.336. The van der Waals surface area contributed by atoms with Gasteiger partial charge in [-0.1, -0.05) is 61.9 Å². The molecule has 5 heteroatoms. The number of sulfonamides is 1. The van der Waals surface area contributed by atoms with Gasteiger partial charge in [-0.05, 0) is 72.6 Å². The summed E-state index contributed by atoms with van der Waals surface area (Å²) in [5.74, 6) is 1.40. The van der Waals surface area contributed by atoms with Crippen molar-refractivity contribution in [2.45, 2.75) is 62.3 Å². The van der Waals surface area contributed by atoms with Gasteiger partial charge in [0.05, 0.1) is 11.5 Å². The third kappa shape index (κ3) is 5.28. The van der Waals surface area contributed by atoms with Gasteiger partial charge in [0, 0.05) is 6.04 Å². The molecule has 0 aromatic heterocycles. The minimum absolute atomic E-state index is 0.0270. The zero-order chi connectivity index (χ0) is 21.7. The number of hydrogen-bond donors (Lipinski definition) is 1. The van der Waals surface area contributed by atoms with Crippen molar-refractivity contribution in [3.8, 4) is 5.75 Å². The Balaban J connectivity index is 1.40. The summed E-state index contributed by atoms with van der Waals surface area (Å²) in [7, 11) is -3.53. The molecule has 0 atom stereocenters. The molecule has 0 radical (unpaired) electrons. The molecule has 1 aliphatic rings. The largest absolute Gasteiger partial charge is 0.493 e. The van der Waals surface area contributed by atoms with Crippen molar-refractivity contribution < 1.29 is 13.2 Å². The minimum Gasteiger partial charge on any atom is -0.493 e. The average Bonchev–Trinajstić information content (AvgIpc) is 2.80. The Morgan fingerprint density at radius 2 is 1.61 bits per heavy atom. The fourth-order valence-electron chi connectivity index (χ4n) is 4.42. The van der Waals surface area contributed by atoms with E-state index in [1.54, 1.807) is 12.1 Å². The van der Waals surface area contributed by atoms with Crippen LogP contribution in [0.2, 0.25) is 0 Å². The highest BCUT2D eigenvalue weighted by molar-refractivity contribution is 7.89. The van der Waals surface area contributed by atoms with Crippen LogP contribution in [0.15, 0.2) is 71.6 Å². The lowest BCUT2D eigenvalue weighted by Crippen LogP contribution is -2.37. The molecule has 0 unspecified atom stereocenters. The fourth-order valence-corrected chi connectivity index (χ4v) is 5.76.